The minimum absolute atomic E-state index is 0.0353. The van der Waals surface area contributed by atoms with E-state index in [-0.39, 0.29) is 30.5 Å². The second kappa shape index (κ2) is 11.1. The van der Waals surface area contributed by atoms with Crippen LogP contribution in [0.15, 0.2) is 24.4 Å². The number of urea groups is 1. The molecule has 3 heterocycles. The highest BCUT2D eigenvalue weighted by Crippen LogP contribution is 2.26. The van der Waals surface area contributed by atoms with E-state index in [2.05, 4.69) is 10.3 Å². The van der Waals surface area contributed by atoms with E-state index < -0.39 is 5.82 Å². The largest absolute Gasteiger partial charge is 0.494 e. The fraction of sp³-hybridized carbons (Fsp3) is 0.560. The van der Waals surface area contributed by atoms with E-state index in [4.69, 9.17) is 14.5 Å². The summed E-state index contributed by atoms with van der Waals surface area (Å²) in [5, 5.41) is 12.4. The minimum Gasteiger partial charge on any atom is -0.494 e. The zero-order valence-corrected chi connectivity index (χ0v) is 19.8. The third-order valence-corrected chi connectivity index (χ3v) is 6.72. The molecule has 2 N–H and O–H groups in total. The molecular formula is C25H33FN4O4. The molecule has 0 unspecified atom stereocenters. The van der Waals surface area contributed by atoms with E-state index in [1.807, 2.05) is 13.1 Å². The van der Waals surface area contributed by atoms with Gasteiger partial charge in [-0.2, -0.15) is 0 Å². The first-order valence-corrected chi connectivity index (χ1v) is 12.0. The Morgan fingerprint density at radius 3 is 3.03 bits per heavy atom. The predicted molar refractivity (Wildman–Crippen MR) is 124 cm³/mol. The Bertz CT molecular complexity index is 1000. The van der Waals surface area contributed by atoms with E-state index in [9.17, 15) is 14.3 Å². The first-order valence-electron chi connectivity index (χ1n) is 12.0. The molecule has 2 amide bonds. The number of amides is 2. The Morgan fingerprint density at radius 2 is 2.29 bits per heavy atom. The maximum absolute atomic E-state index is 14.2. The number of hydrogen-bond acceptors (Lipinski definition) is 6. The Labute approximate surface area is 199 Å². The molecule has 2 aromatic rings. The van der Waals surface area contributed by atoms with Gasteiger partial charge >= 0.3 is 6.03 Å². The molecule has 0 radical (unpaired) electrons. The van der Waals surface area contributed by atoms with Crippen LogP contribution in [-0.4, -0.2) is 59.0 Å². The van der Waals surface area contributed by atoms with Crippen molar-refractivity contribution in [3.8, 4) is 5.75 Å². The van der Waals surface area contributed by atoms with Crippen molar-refractivity contribution in [2.45, 2.75) is 57.7 Å². The summed E-state index contributed by atoms with van der Waals surface area (Å²) in [5.74, 6) is 0.881. The van der Waals surface area contributed by atoms with Crippen LogP contribution in [0.25, 0.3) is 0 Å². The fourth-order valence-electron chi connectivity index (χ4n) is 4.71. The number of nitrogens with one attached hydrogen (secondary N) is 1. The van der Waals surface area contributed by atoms with Gasteiger partial charge in [0, 0.05) is 25.8 Å². The van der Waals surface area contributed by atoms with Crippen LogP contribution in [0.3, 0.4) is 0 Å². The Hall–Kier alpha value is -2.78. The van der Waals surface area contributed by atoms with Gasteiger partial charge in [0.25, 0.3) is 0 Å². The van der Waals surface area contributed by atoms with E-state index in [1.165, 1.54) is 13.2 Å². The molecule has 2 aliphatic rings. The van der Waals surface area contributed by atoms with Crippen LogP contribution < -0.4 is 10.1 Å². The molecular weight excluding hydrogens is 439 g/mol. The lowest BCUT2D eigenvalue weighted by atomic mass is 9.92. The van der Waals surface area contributed by atoms with E-state index in [1.54, 1.807) is 17.0 Å². The van der Waals surface area contributed by atoms with Crippen LogP contribution in [0, 0.1) is 11.7 Å². The molecule has 1 fully saturated rings. The smallest absolute Gasteiger partial charge is 0.318 e. The average Bonchev–Trinajstić information content (AvgIpc) is 2.86. The van der Waals surface area contributed by atoms with Gasteiger partial charge in [-0.25, -0.2) is 19.2 Å². The maximum atomic E-state index is 14.2. The molecule has 4 rings (SSSR count). The number of benzene rings is 1. The number of methoxy groups -OCH3 is 1. The molecule has 0 bridgehead atoms. The van der Waals surface area contributed by atoms with Crippen LogP contribution in [0.4, 0.5) is 9.18 Å². The van der Waals surface area contributed by atoms with Gasteiger partial charge < -0.3 is 24.8 Å². The fourth-order valence-corrected chi connectivity index (χ4v) is 4.71. The molecule has 0 aliphatic carbocycles. The molecule has 0 spiro atoms. The number of hydrogen-bond donors (Lipinski definition) is 2. The van der Waals surface area contributed by atoms with Crippen molar-refractivity contribution < 1.29 is 23.8 Å². The van der Waals surface area contributed by atoms with Crippen LogP contribution in [0.1, 0.15) is 54.9 Å². The Morgan fingerprint density at radius 1 is 1.44 bits per heavy atom. The summed E-state index contributed by atoms with van der Waals surface area (Å²) in [4.78, 5) is 24.1. The summed E-state index contributed by atoms with van der Waals surface area (Å²) < 4.78 is 24.7. The van der Waals surface area contributed by atoms with Gasteiger partial charge in [-0.15, -0.1) is 0 Å². The molecule has 34 heavy (non-hydrogen) atoms. The number of carbonyl (C=O) groups excluding carboxylic acids is 1. The summed E-state index contributed by atoms with van der Waals surface area (Å²) in [6.45, 7) is 3.62. The maximum Gasteiger partial charge on any atom is 0.318 e. The number of aliphatic hydroxyl groups is 1. The van der Waals surface area contributed by atoms with E-state index in [0.717, 1.165) is 36.3 Å². The normalized spacial score (nSPS) is 21.0. The Kier molecular flexibility index (Phi) is 7.95. The number of halogens is 1. The molecule has 1 aromatic heterocycles. The summed E-state index contributed by atoms with van der Waals surface area (Å²) in [5.41, 5.74) is 2.65. The van der Waals surface area contributed by atoms with Crippen molar-refractivity contribution in [1.82, 2.24) is 20.2 Å². The summed E-state index contributed by atoms with van der Waals surface area (Å²) in [6, 6.07) is 4.28. The van der Waals surface area contributed by atoms with Crippen molar-refractivity contribution >= 4 is 6.03 Å². The van der Waals surface area contributed by atoms with Crippen molar-refractivity contribution in [2.24, 2.45) is 5.92 Å². The third kappa shape index (κ3) is 5.64. The third-order valence-electron chi connectivity index (χ3n) is 6.72. The second-order valence-electron chi connectivity index (χ2n) is 9.00. The van der Waals surface area contributed by atoms with Gasteiger partial charge in [0.05, 0.1) is 38.1 Å². The SMILES string of the molecule is CC[C@@H](NC(=O)N1CCc2cnc(C[C@H]3CCO[C@@H](CO)C3)nc2C1)c1ccc(OC)c(F)c1. The molecule has 0 saturated carbocycles. The summed E-state index contributed by atoms with van der Waals surface area (Å²) in [7, 11) is 1.43. The number of nitrogens with zero attached hydrogens (tertiary/aromatic N) is 3. The topological polar surface area (TPSA) is 96.8 Å². The van der Waals surface area contributed by atoms with Crippen molar-refractivity contribution in [3.05, 3.63) is 52.9 Å². The monoisotopic (exact) mass is 472 g/mol. The highest BCUT2D eigenvalue weighted by molar-refractivity contribution is 5.75. The van der Waals surface area contributed by atoms with Crippen molar-refractivity contribution in [3.63, 3.8) is 0 Å². The van der Waals surface area contributed by atoms with Crippen LogP contribution in [0.2, 0.25) is 0 Å². The second-order valence-corrected chi connectivity index (χ2v) is 9.00. The van der Waals surface area contributed by atoms with Crippen LogP contribution >= 0.6 is 0 Å². The van der Waals surface area contributed by atoms with Gasteiger partial charge in [0.2, 0.25) is 0 Å². The molecule has 184 valence electrons. The van der Waals surface area contributed by atoms with Gasteiger partial charge in [0.1, 0.15) is 5.82 Å². The first-order chi connectivity index (χ1) is 16.5. The molecule has 2 aliphatic heterocycles. The minimum atomic E-state index is -0.446. The molecule has 1 aromatic carbocycles. The van der Waals surface area contributed by atoms with Crippen molar-refractivity contribution in [1.29, 1.82) is 0 Å². The highest BCUT2D eigenvalue weighted by Gasteiger charge is 2.26. The standard InChI is InChI=1S/C25H33FN4O4/c1-3-21(17-4-5-23(33-2)20(26)12-17)29-25(32)30-8-6-18-13-27-24(28-22(18)14-30)11-16-7-9-34-19(10-16)15-31/h4-5,12-13,16,19,21,31H,3,6-11,14-15H2,1-2H3,(H,29,32)/t16-,19+,21+/m0/s1. The average molecular weight is 473 g/mol. The molecule has 9 heteroatoms. The number of ether oxygens (including phenoxy) is 2. The van der Waals surface area contributed by atoms with E-state index >= 15 is 0 Å². The number of carbonyl (C=O) groups is 1. The lowest BCUT2D eigenvalue weighted by molar-refractivity contribution is -0.0377. The number of aliphatic hydroxyl groups excluding tert-OH is 1. The van der Waals surface area contributed by atoms with Gasteiger partial charge in [-0.1, -0.05) is 13.0 Å². The zero-order valence-electron chi connectivity index (χ0n) is 19.8. The zero-order chi connectivity index (χ0) is 24.1. The summed E-state index contributed by atoms with van der Waals surface area (Å²) >= 11 is 0. The van der Waals surface area contributed by atoms with Crippen LogP contribution in [0.5, 0.6) is 5.75 Å². The van der Waals surface area contributed by atoms with Gasteiger partial charge in [-0.05, 0) is 54.9 Å². The highest BCUT2D eigenvalue weighted by atomic mass is 19.1. The van der Waals surface area contributed by atoms with Gasteiger partial charge in [0.15, 0.2) is 11.6 Å². The number of fused-ring (bicyclic) bond motifs is 1. The summed E-state index contributed by atoms with van der Waals surface area (Å²) in [6.07, 6.45) is 5.56. The lowest BCUT2D eigenvalue weighted by Gasteiger charge is -2.31. The Balaban J connectivity index is 1.40. The molecule has 1 saturated heterocycles. The van der Waals surface area contributed by atoms with Crippen molar-refractivity contribution in [2.75, 3.05) is 26.9 Å². The van der Waals surface area contributed by atoms with Gasteiger partial charge in [-0.3, -0.25) is 0 Å². The predicted octanol–water partition coefficient (Wildman–Crippen LogP) is 3.17. The first kappa shape index (κ1) is 24.3. The molecule has 8 nitrogen and oxygen atoms in total. The van der Waals surface area contributed by atoms with E-state index in [0.29, 0.717) is 44.0 Å². The lowest BCUT2D eigenvalue weighted by Crippen LogP contribution is -2.44. The van der Waals surface area contributed by atoms with Crippen LogP contribution in [-0.2, 0) is 24.1 Å². The number of rotatable bonds is 7. The number of aromatic nitrogens is 2. The quantitative estimate of drug-likeness (QED) is 0.643. The molecule has 3 atom stereocenters.